The number of nitrogens with zero attached hydrogens (tertiary/aromatic N) is 3. The van der Waals surface area contributed by atoms with Crippen molar-refractivity contribution in [3.63, 3.8) is 0 Å². The van der Waals surface area contributed by atoms with E-state index in [1.165, 1.54) is 10.7 Å². The SMILES string of the molecule is CCn1nc(C)cc1CC(Cc1nc(C)cs1)NC. The fourth-order valence-electron chi connectivity index (χ4n) is 2.27. The van der Waals surface area contributed by atoms with E-state index in [-0.39, 0.29) is 0 Å². The molecule has 19 heavy (non-hydrogen) atoms. The van der Waals surface area contributed by atoms with E-state index in [2.05, 4.69) is 38.5 Å². The van der Waals surface area contributed by atoms with Crippen molar-refractivity contribution in [1.82, 2.24) is 20.1 Å². The van der Waals surface area contributed by atoms with E-state index in [1.807, 2.05) is 20.9 Å². The standard InChI is InChI=1S/C14H22N4S/c1-5-18-13(6-10(2)17-18)7-12(15-4)8-14-16-11(3)9-19-14/h6,9,12,15H,5,7-8H2,1-4H3. The molecule has 0 bridgehead atoms. The zero-order chi connectivity index (χ0) is 13.8. The summed E-state index contributed by atoms with van der Waals surface area (Å²) in [6.45, 7) is 7.16. The van der Waals surface area contributed by atoms with Gasteiger partial charge in [0.05, 0.1) is 10.7 Å². The predicted molar refractivity (Wildman–Crippen MR) is 79.7 cm³/mol. The van der Waals surface area contributed by atoms with Crippen molar-refractivity contribution >= 4 is 11.3 Å². The minimum Gasteiger partial charge on any atom is -0.316 e. The molecule has 0 fully saturated rings. The van der Waals surface area contributed by atoms with E-state index >= 15 is 0 Å². The molecule has 2 aromatic heterocycles. The molecule has 1 N–H and O–H groups in total. The maximum absolute atomic E-state index is 4.54. The van der Waals surface area contributed by atoms with Crippen molar-refractivity contribution in [3.05, 3.63) is 33.5 Å². The molecule has 5 heteroatoms. The number of rotatable bonds is 6. The Labute approximate surface area is 118 Å². The quantitative estimate of drug-likeness (QED) is 0.882. The lowest BCUT2D eigenvalue weighted by Crippen LogP contribution is -2.30. The Morgan fingerprint density at radius 2 is 2.11 bits per heavy atom. The van der Waals surface area contributed by atoms with Gasteiger partial charge in [0.2, 0.25) is 0 Å². The molecule has 0 aliphatic carbocycles. The van der Waals surface area contributed by atoms with Crippen molar-refractivity contribution in [2.24, 2.45) is 0 Å². The second kappa shape index (κ2) is 6.30. The number of nitrogens with one attached hydrogen (secondary N) is 1. The van der Waals surface area contributed by atoms with Crippen LogP contribution in [0.5, 0.6) is 0 Å². The van der Waals surface area contributed by atoms with Gasteiger partial charge in [-0.1, -0.05) is 0 Å². The minimum atomic E-state index is 0.409. The van der Waals surface area contributed by atoms with Gasteiger partial charge in [-0.15, -0.1) is 11.3 Å². The van der Waals surface area contributed by atoms with Crippen LogP contribution in [-0.4, -0.2) is 27.9 Å². The Morgan fingerprint density at radius 1 is 1.32 bits per heavy atom. The molecular formula is C14H22N4S. The number of aryl methyl sites for hydroxylation is 3. The van der Waals surface area contributed by atoms with Gasteiger partial charge in [0, 0.05) is 42.2 Å². The van der Waals surface area contributed by atoms with Crippen molar-refractivity contribution < 1.29 is 0 Å². The van der Waals surface area contributed by atoms with Gasteiger partial charge in [-0.05, 0) is 33.9 Å². The third-order valence-electron chi connectivity index (χ3n) is 3.24. The van der Waals surface area contributed by atoms with E-state index in [4.69, 9.17) is 0 Å². The summed E-state index contributed by atoms with van der Waals surface area (Å²) in [5.74, 6) is 0. The van der Waals surface area contributed by atoms with Crippen LogP contribution in [0.1, 0.15) is 29.0 Å². The Morgan fingerprint density at radius 3 is 2.68 bits per heavy atom. The van der Waals surface area contributed by atoms with Gasteiger partial charge in [-0.25, -0.2) is 4.98 Å². The highest BCUT2D eigenvalue weighted by Crippen LogP contribution is 2.14. The van der Waals surface area contributed by atoms with E-state index in [0.29, 0.717) is 6.04 Å². The third kappa shape index (κ3) is 3.64. The molecule has 104 valence electrons. The highest BCUT2D eigenvalue weighted by atomic mass is 32.1. The van der Waals surface area contributed by atoms with Crippen LogP contribution in [0.3, 0.4) is 0 Å². The summed E-state index contributed by atoms with van der Waals surface area (Å²) in [7, 11) is 2.02. The number of likely N-dealkylation sites (N-methyl/N-ethyl adjacent to an activating group) is 1. The third-order valence-corrected chi connectivity index (χ3v) is 4.23. The molecule has 0 aliphatic rings. The molecule has 0 spiro atoms. The number of hydrogen-bond donors (Lipinski definition) is 1. The first-order valence-electron chi connectivity index (χ1n) is 6.74. The molecule has 0 aliphatic heterocycles. The molecule has 2 aromatic rings. The summed E-state index contributed by atoms with van der Waals surface area (Å²) >= 11 is 1.75. The molecule has 4 nitrogen and oxygen atoms in total. The Balaban J connectivity index is 2.06. The summed E-state index contributed by atoms with van der Waals surface area (Å²) in [5.41, 5.74) is 3.51. The van der Waals surface area contributed by atoms with Gasteiger partial charge >= 0.3 is 0 Å². The van der Waals surface area contributed by atoms with Crippen molar-refractivity contribution in [3.8, 4) is 0 Å². The van der Waals surface area contributed by atoms with Crippen molar-refractivity contribution in [1.29, 1.82) is 0 Å². The molecule has 2 rings (SSSR count). The maximum atomic E-state index is 4.54. The van der Waals surface area contributed by atoms with Gasteiger partial charge < -0.3 is 5.32 Å². The molecule has 0 amide bonds. The smallest absolute Gasteiger partial charge is 0.0943 e. The van der Waals surface area contributed by atoms with Gasteiger partial charge in [-0.3, -0.25) is 4.68 Å². The number of aromatic nitrogens is 3. The minimum absolute atomic E-state index is 0.409. The monoisotopic (exact) mass is 278 g/mol. The van der Waals surface area contributed by atoms with Crippen LogP contribution < -0.4 is 5.32 Å². The van der Waals surface area contributed by atoms with Gasteiger partial charge in [0.1, 0.15) is 0 Å². The second-order valence-electron chi connectivity index (χ2n) is 4.87. The molecule has 1 unspecified atom stereocenters. The first-order valence-corrected chi connectivity index (χ1v) is 7.62. The van der Waals surface area contributed by atoms with Crippen molar-refractivity contribution in [2.45, 2.75) is 46.2 Å². The highest BCUT2D eigenvalue weighted by molar-refractivity contribution is 7.09. The zero-order valence-corrected chi connectivity index (χ0v) is 12.9. The molecule has 1 atom stereocenters. The average molecular weight is 278 g/mol. The van der Waals surface area contributed by atoms with Crippen LogP contribution in [0.15, 0.2) is 11.4 Å². The van der Waals surface area contributed by atoms with Gasteiger partial charge in [0.15, 0.2) is 0 Å². The molecule has 0 saturated carbocycles. The predicted octanol–water partition coefficient (Wildman–Crippen LogP) is 2.35. The number of hydrogen-bond acceptors (Lipinski definition) is 4. The molecule has 0 radical (unpaired) electrons. The highest BCUT2D eigenvalue weighted by Gasteiger charge is 2.14. The summed E-state index contributed by atoms with van der Waals surface area (Å²) in [6.07, 6.45) is 1.97. The molecule has 0 saturated heterocycles. The Hall–Kier alpha value is -1.20. The lowest BCUT2D eigenvalue weighted by molar-refractivity contribution is 0.519. The Bertz CT molecular complexity index is 529. The lowest BCUT2D eigenvalue weighted by atomic mass is 10.1. The number of thiazole rings is 1. The maximum Gasteiger partial charge on any atom is 0.0943 e. The molecule has 0 aromatic carbocycles. The lowest BCUT2D eigenvalue weighted by Gasteiger charge is -2.15. The Kier molecular flexibility index (Phi) is 4.71. The topological polar surface area (TPSA) is 42.7 Å². The van der Waals surface area contributed by atoms with E-state index in [1.54, 1.807) is 11.3 Å². The van der Waals surface area contributed by atoms with Crippen molar-refractivity contribution in [2.75, 3.05) is 7.05 Å². The summed E-state index contributed by atoms with van der Waals surface area (Å²) in [5, 5.41) is 11.2. The van der Waals surface area contributed by atoms with Crippen LogP contribution in [0.25, 0.3) is 0 Å². The molecular weight excluding hydrogens is 256 g/mol. The second-order valence-corrected chi connectivity index (χ2v) is 5.81. The first kappa shape index (κ1) is 14.2. The van der Waals surface area contributed by atoms with Gasteiger partial charge in [-0.2, -0.15) is 5.10 Å². The van der Waals surface area contributed by atoms with Gasteiger partial charge in [0.25, 0.3) is 0 Å². The summed E-state index contributed by atoms with van der Waals surface area (Å²) in [6, 6.07) is 2.59. The van der Waals surface area contributed by atoms with Crippen LogP contribution in [0, 0.1) is 13.8 Å². The van der Waals surface area contributed by atoms with E-state index < -0.39 is 0 Å². The normalized spacial score (nSPS) is 12.8. The summed E-state index contributed by atoms with van der Waals surface area (Å²) in [4.78, 5) is 4.54. The largest absolute Gasteiger partial charge is 0.316 e. The molecule has 2 heterocycles. The fourth-order valence-corrected chi connectivity index (χ4v) is 3.13. The zero-order valence-electron chi connectivity index (χ0n) is 12.1. The van der Waals surface area contributed by atoms with Crippen LogP contribution in [0.4, 0.5) is 0 Å². The van der Waals surface area contributed by atoms with E-state index in [9.17, 15) is 0 Å². The van der Waals surface area contributed by atoms with E-state index in [0.717, 1.165) is 30.8 Å². The fraction of sp³-hybridized carbons (Fsp3) is 0.571. The summed E-state index contributed by atoms with van der Waals surface area (Å²) < 4.78 is 2.09. The first-order chi connectivity index (χ1) is 9.12. The van der Waals surface area contributed by atoms with Crippen LogP contribution >= 0.6 is 11.3 Å². The van der Waals surface area contributed by atoms with Crippen LogP contribution in [0.2, 0.25) is 0 Å². The van der Waals surface area contributed by atoms with Crippen LogP contribution in [-0.2, 0) is 19.4 Å². The average Bonchev–Trinajstić information content (AvgIpc) is 2.94.